The van der Waals surface area contributed by atoms with Gasteiger partial charge in [0.15, 0.2) is 5.82 Å². The Labute approximate surface area is 287 Å². The number of hydrogen-bond donors (Lipinski definition) is 1. The Kier molecular flexibility index (Phi) is 14.3. The summed E-state index contributed by atoms with van der Waals surface area (Å²) < 4.78 is 50.0. The summed E-state index contributed by atoms with van der Waals surface area (Å²) in [5.74, 6) is -1.23. The molecule has 0 aliphatic carbocycles. The fraction of sp³-hybridized carbons (Fsp3) is 0.606. The zero-order chi connectivity index (χ0) is 35.4. The van der Waals surface area contributed by atoms with Crippen molar-refractivity contribution in [2.24, 2.45) is 0 Å². The van der Waals surface area contributed by atoms with Crippen molar-refractivity contribution in [2.75, 3.05) is 77.3 Å². The van der Waals surface area contributed by atoms with Crippen LogP contribution in [0.3, 0.4) is 0 Å². The number of unbranched alkanes of at least 4 members (excludes halogenated alkanes) is 1. The van der Waals surface area contributed by atoms with Crippen LogP contribution in [-0.2, 0) is 27.9 Å². The van der Waals surface area contributed by atoms with Crippen molar-refractivity contribution in [3.63, 3.8) is 0 Å². The zero-order valence-corrected chi connectivity index (χ0v) is 29.7. The van der Waals surface area contributed by atoms with E-state index in [0.29, 0.717) is 25.5 Å². The standard InChI is InChI=1S/C33H48FN6O8P/c1-5-8-20-46-33(43)39-18-16-38(17-19-39)32(42)27(14-21-49(44,47-6-2)48-7-3)36-31(41)28-22-29(40-15-13-24(23-40)45-4)37-30(35-28)25-11-9-10-12-26(25)34/h9-12,22,24,27H,5-8,13-21,23H2,1-4H3,(H,36,41). The first-order chi connectivity index (χ1) is 23.6. The molecule has 1 N–H and O–H groups in total. The molecule has 0 saturated carbocycles. The summed E-state index contributed by atoms with van der Waals surface area (Å²) >= 11 is 0. The molecule has 2 unspecified atom stereocenters. The van der Waals surface area contributed by atoms with Gasteiger partial charge in [0.1, 0.15) is 23.4 Å². The number of carbonyl (C=O) groups is 3. The van der Waals surface area contributed by atoms with Gasteiger partial charge in [-0.25, -0.2) is 19.2 Å². The normalized spacial score (nSPS) is 17.2. The molecule has 2 atom stereocenters. The Morgan fingerprint density at radius 1 is 1.02 bits per heavy atom. The Hall–Kier alpha value is -3.65. The SMILES string of the molecule is CCCCOC(=O)N1CCN(C(=O)C(CCP(=O)(OCC)OCC)NC(=O)c2cc(N3CCC(OC)C3)nc(-c3ccccc3F)n2)CC1. The van der Waals surface area contributed by atoms with Gasteiger partial charge >= 0.3 is 13.7 Å². The lowest BCUT2D eigenvalue weighted by molar-refractivity contribution is -0.134. The molecular formula is C33H48FN6O8P. The van der Waals surface area contributed by atoms with E-state index >= 15 is 0 Å². The maximum atomic E-state index is 14.9. The van der Waals surface area contributed by atoms with Crippen LogP contribution in [0.25, 0.3) is 11.4 Å². The number of nitrogens with one attached hydrogen (secondary N) is 1. The van der Waals surface area contributed by atoms with Crippen LogP contribution in [0.4, 0.5) is 15.0 Å². The number of aromatic nitrogens is 2. The first-order valence-electron chi connectivity index (χ1n) is 16.9. The molecule has 2 aliphatic heterocycles. The number of benzene rings is 1. The molecule has 14 nitrogen and oxygen atoms in total. The molecule has 0 bridgehead atoms. The predicted molar refractivity (Wildman–Crippen MR) is 181 cm³/mol. The van der Waals surface area contributed by atoms with Gasteiger partial charge < -0.3 is 38.5 Å². The quantitative estimate of drug-likeness (QED) is 0.196. The molecule has 270 valence electrons. The lowest BCUT2D eigenvalue weighted by Crippen LogP contribution is -2.56. The Morgan fingerprint density at radius 2 is 1.71 bits per heavy atom. The van der Waals surface area contributed by atoms with E-state index in [1.54, 1.807) is 42.9 Å². The molecule has 4 rings (SSSR count). The molecule has 1 aromatic heterocycles. The van der Waals surface area contributed by atoms with Gasteiger partial charge in [-0.05, 0) is 45.2 Å². The molecule has 1 aromatic carbocycles. The Morgan fingerprint density at radius 3 is 2.35 bits per heavy atom. The monoisotopic (exact) mass is 706 g/mol. The summed E-state index contributed by atoms with van der Waals surface area (Å²) in [5, 5.41) is 2.79. The number of nitrogens with zero attached hydrogens (tertiary/aromatic N) is 5. The first-order valence-corrected chi connectivity index (χ1v) is 18.6. The van der Waals surface area contributed by atoms with Crippen LogP contribution in [0.1, 0.15) is 56.9 Å². The molecule has 3 amide bonds. The minimum atomic E-state index is -3.57. The molecule has 0 spiro atoms. The van der Waals surface area contributed by atoms with Gasteiger partial charge in [0, 0.05) is 52.4 Å². The lowest BCUT2D eigenvalue weighted by atomic mass is 10.1. The fourth-order valence-corrected chi connectivity index (χ4v) is 7.36. The zero-order valence-electron chi connectivity index (χ0n) is 28.8. The molecule has 16 heteroatoms. The second-order valence-electron chi connectivity index (χ2n) is 11.8. The van der Waals surface area contributed by atoms with Crippen LogP contribution in [0.2, 0.25) is 0 Å². The number of piperazine rings is 1. The number of amides is 3. The van der Waals surface area contributed by atoms with Gasteiger partial charge in [-0.3, -0.25) is 14.2 Å². The third kappa shape index (κ3) is 10.4. The third-order valence-electron chi connectivity index (χ3n) is 8.38. The van der Waals surface area contributed by atoms with Crippen LogP contribution in [0.5, 0.6) is 0 Å². The Bertz CT molecular complexity index is 1470. The largest absolute Gasteiger partial charge is 0.449 e. The van der Waals surface area contributed by atoms with E-state index in [0.717, 1.165) is 19.3 Å². The van der Waals surface area contributed by atoms with Crippen molar-refractivity contribution in [2.45, 2.75) is 58.6 Å². The molecule has 2 aliphatic rings. The van der Waals surface area contributed by atoms with Crippen LogP contribution in [0.15, 0.2) is 30.3 Å². The van der Waals surface area contributed by atoms with E-state index < -0.39 is 37.4 Å². The second kappa shape index (κ2) is 18.4. The highest BCUT2D eigenvalue weighted by Crippen LogP contribution is 2.48. The van der Waals surface area contributed by atoms with E-state index in [1.165, 1.54) is 18.2 Å². The minimum Gasteiger partial charge on any atom is -0.449 e. The highest BCUT2D eigenvalue weighted by Gasteiger charge is 2.34. The van der Waals surface area contributed by atoms with Gasteiger partial charge in [0.25, 0.3) is 5.91 Å². The highest BCUT2D eigenvalue weighted by molar-refractivity contribution is 7.53. The van der Waals surface area contributed by atoms with Crippen molar-refractivity contribution in [3.8, 4) is 11.4 Å². The first kappa shape index (κ1) is 38.2. The molecular weight excluding hydrogens is 658 g/mol. The minimum absolute atomic E-state index is 0.0173. The van der Waals surface area contributed by atoms with Gasteiger partial charge in [-0.2, -0.15) is 0 Å². The van der Waals surface area contributed by atoms with Crippen molar-refractivity contribution >= 4 is 31.3 Å². The summed E-state index contributed by atoms with van der Waals surface area (Å²) in [4.78, 5) is 54.4. The summed E-state index contributed by atoms with van der Waals surface area (Å²) in [6.45, 7) is 8.08. The third-order valence-corrected chi connectivity index (χ3v) is 10.5. The highest BCUT2D eigenvalue weighted by atomic mass is 31.2. The van der Waals surface area contributed by atoms with E-state index in [9.17, 15) is 23.3 Å². The van der Waals surface area contributed by atoms with Crippen molar-refractivity contribution in [1.29, 1.82) is 0 Å². The van der Waals surface area contributed by atoms with Crippen LogP contribution in [0, 0.1) is 5.82 Å². The number of anilines is 1. The smallest absolute Gasteiger partial charge is 0.409 e. The number of rotatable bonds is 16. The van der Waals surface area contributed by atoms with Crippen LogP contribution < -0.4 is 10.2 Å². The van der Waals surface area contributed by atoms with Crippen LogP contribution in [-0.4, -0.2) is 122 Å². The van der Waals surface area contributed by atoms with E-state index in [2.05, 4.69) is 15.3 Å². The summed E-state index contributed by atoms with van der Waals surface area (Å²) in [5.41, 5.74) is 0.0494. The van der Waals surface area contributed by atoms with E-state index in [1.807, 2.05) is 11.8 Å². The number of methoxy groups -OCH3 is 1. The maximum Gasteiger partial charge on any atom is 0.409 e. The fourth-order valence-electron chi connectivity index (χ4n) is 5.67. The molecule has 2 saturated heterocycles. The summed E-state index contributed by atoms with van der Waals surface area (Å²) in [6, 6.07) is 6.39. The number of halogens is 1. The molecule has 49 heavy (non-hydrogen) atoms. The predicted octanol–water partition coefficient (Wildman–Crippen LogP) is 4.34. The lowest BCUT2D eigenvalue weighted by Gasteiger charge is -2.36. The van der Waals surface area contributed by atoms with Gasteiger partial charge in [0.2, 0.25) is 5.91 Å². The Balaban J connectivity index is 1.59. The van der Waals surface area contributed by atoms with Gasteiger partial charge in [-0.15, -0.1) is 0 Å². The average molecular weight is 707 g/mol. The number of ether oxygens (including phenoxy) is 2. The second-order valence-corrected chi connectivity index (χ2v) is 14.0. The number of hydrogen-bond acceptors (Lipinski definition) is 11. The van der Waals surface area contributed by atoms with Crippen molar-refractivity contribution < 1.29 is 41.9 Å². The molecule has 0 radical (unpaired) electrons. The molecule has 2 aromatic rings. The van der Waals surface area contributed by atoms with E-state index in [-0.39, 0.29) is 75.2 Å². The maximum absolute atomic E-state index is 14.9. The molecule has 3 heterocycles. The van der Waals surface area contributed by atoms with Crippen LogP contribution >= 0.6 is 7.60 Å². The number of carbonyl (C=O) groups excluding carboxylic acids is 3. The molecule has 2 fully saturated rings. The van der Waals surface area contributed by atoms with Gasteiger partial charge in [-0.1, -0.05) is 25.5 Å². The average Bonchev–Trinajstić information content (AvgIpc) is 3.60. The van der Waals surface area contributed by atoms with Gasteiger partial charge in [0.05, 0.1) is 37.6 Å². The summed E-state index contributed by atoms with van der Waals surface area (Å²) in [7, 11) is -1.94. The topological polar surface area (TPSA) is 153 Å². The van der Waals surface area contributed by atoms with E-state index in [4.69, 9.17) is 18.5 Å². The summed E-state index contributed by atoms with van der Waals surface area (Å²) in [6.07, 6.45) is 1.76. The van der Waals surface area contributed by atoms with Crippen molar-refractivity contribution in [1.82, 2.24) is 25.1 Å². The van der Waals surface area contributed by atoms with Crippen molar-refractivity contribution in [3.05, 3.63) is 41.8 Å².